The van der Waals surface area contributed by atoms with E-state index in [0.29, 0.717) is 11.8 Å². The maximum atomic E-state index is 5.80. The summed E-state index contributed by atoms with van der Waals surface area (Å²) >= 11 is 5.80. The lowest BCUT2D eigenvalue weighted by Crippen LogP contribution is -2.20. The summed E-state index contributed by atoms with van der Waals surface area (Å²) in [5.41, 5.74) is 2.04. The first kappa shape index (κ1) is 13.1. The first-order valence-corrected chi connectivity index (χ1v) is 6.83. The van der Waals surface area contributed by atoms with Crippen LogP contribution in [-0.4, -0.2) is 18.7 Å². The topological polar surface area (TPSA) is 43.4 Å². The average Bonchev–Trinajstić information content (AvgIpc) is 2.49. The Morgan fingerprint density at radius 3 is 3.00 bits per heavy atom. The van der Waals surface area contributed by atoms with Crippen molar-refractivity contribution in [3.05, 3.63) is 47.2 Å². The van der Waals surface area contributed by atoms with Gasteiger partial charge in [0.05, 0.1) is 31.6 Å². The summed E-state index contributed by atoms with van der Waals surface area (Å²) in [6, 6.07) is 9.74. The number of fused-ring (bicyclic) bond motifs is 1. The molecule has 5 heteroatoms. The summed E-state index contributed by atoms with van der Waals surface area (Å²) in [4.78, 5) is 4.08. The Kier molecular flexibility index (Phi) is 3.65. The lowest BCUT2D eigenvalue weighted by molar-refractivity contribution is 0.273. The van der Waals surface area contributed by atoms with Crippen molar-refractivity contribution >= 4 is 17.3 Å². The third-order valence-corrected chi connectivity index (χ3v) is 3.55. The van der Waals surface area contributed by atoms with Crippen LogP contribution in [0.3, 0.4) is 0 Å². The lowest BCUT2D eigenvalue weighted by Gasteiger charge is -2.27. The molecule has 4 nitrogen and oxygen atoms in total. The fourth-order valence-electron chi connectivity index (χ4n) is 2.31. The molecule has 1 aliphatic heterocycles. The number of anilines is 1. The molecule has 0 aliphatic carbocycles. The Morgan fingerprint density at radius 1 is 1.35 bits per heavy atom. The Bertz CT molecular complexity index is 601. The molecule has 0 radical (unpaired) electrons. The molecule has 1 unspecified atom stereocenters. The Morgan fingerprint density at radius 2 is 2.25 bits per heavy atom. The number of methoxy groups -OCH3 is 1. The van der Waals surface area contributed by atoms with Crippen LogP contribution in [0, 0.1) is 0 Å². The minimum absolute atomic E-state index is 0.178. The molecule has 0 saturated heterocycles. The molecule has 3 rings (SSSR count). The summed E-state index contributed by atoms with van der Waals surface area (Å²) in [6.45, 7) is 0.692. The molecule has 0 amide bonds. The molecular formula is C15H15ClN2O2. The number of halogens is 1. The average molecular weight is 291 g/mol. The smallest absolute Gasteiger partial charge is 0.129 e. The van der Waals surface area contributed by atoms with Crippen LogP contribution in [-0.2, 0) is 0 Å². The summed E-state index contributed by atoms with van der Waals surface area (Å²) in [6.07, 6.45) is 2.63. The monoisotopic (exact) mass is 290 g/mol. The highest BCUT2D eigenvalue weighted by molar-refractivity contribution is 6.29. The fraction of sp³-hybridized carbons (Fsp3) is 0.267. The van der Waals surface area contributed by atoms with Crippen LogP contribution >= 0.6 is 11.6 Å². The highest BCUT2D eigenvalue weighted by atomic mass is 35.5. The van der Waals surface area contributed by atoms with E-state index in [4.69, 9.17) is 21.1 Å². The van der Waals surface area contributed by atoms with Crippen molar-refractivity contribution < 1.29 is 9.47 Å². The highest BCUT2D eigenvalue weighted by Gasteiger charge is 2.22. The molecule has 1 N–H and O–H groups in total. The second-order valence-electron chi connectivity index (χ2n) is 4.61. The standard InChI is InChI=1S/C15H15ClN2O2/c1-19-11-3-4-14-12(8-11)13(6-7-20-14)18-10-2-5-15(16)17-9-10/h2-5,8-9,13,18H,6-7H2,1H3. The van der Waals surface area contributed by atoms with Crippen molar-refractivity contribution in [2.45, 2.75) is 12.5 Å². The quantitative estimate of drug-likeness (QED) is 0.876. The number of ether oxygens (including phenoxy) is 2. The summed E-state index contributed by atoms with van der Waals surface area (Å²) < 4.78 is 11.0. The van der Waals surface area contributed by atoms with Gasteiger partial charge in [0.25, 0.3) is 0 Å². The minimum Gasteiger partial charge on any atom is -0.497 e. The number of nitrogens with one attached hydrogen (secondary N) is 1. The zero-order valence-corrected chi connectivity index (χ0v) is 11.9. The van der Waals surface area contributed by atoms with E-state index < -0.39 is 0 Å². The molecule has 20 heavy (non-hydrogen) atoms. The van der Waals surface area contributed by atoms with Gasteiger partial charge >= 0.3 is 0 Å². The Labute approximate surface area is 122 Å². The van der Waals surface area contributed by atoms with Crippen LogP contribution < -0.4 is 14.8 Å². The first-order valence-electron chi connectivity index (χ1n) is 6.45. The molecule has 104 valence electrons. The van der Waals surface area contributed by atoms with Crippen LogP contribution in [0.25, 0.3) is 0 Å². The number of hydrogen-bond acceptors (Lipinski definition) is 4. The molecule has 1 aliphatic rings. The molecule has 0 bridgehead atoms. The van der Waals surface area contributed by atoms with Gasteiger partial charge in [-0.25, -0.2) is 4.98 Å². The van der Waals surface area contributed by atoms with Crippen molar-refractivity contribution in [1.29, 1.82) is 0 Å². The van der Waals surface area contributed by atoms with Crippen LogP contribution in [0.15, 0.2) is 36.5 Å². The number of rotatable bonds is 3. The van der Waals surface area contributed by atoms with E-state index in [0.717, 1.165) is 29.2 Å². The summed E-state index contributed by atoms with van der Waals surface area (Å²) in [7, 11) is 1.66. The van der Waals surface area contributed by atoms with Gasteiger partial charge in [0, 0.05) is 12.0 Å². The fourth-order valence-corrected chi connectivity index (χ4v) is 2.42. The predicted molar refractivity (Wildman–Crippen MR) is 78.7 cm³/mol. The largest absolute Gasteiger partial charge is 0.497 e. The molecular weight excluding hydrogens is 276 g/mol. The maximum absolute atomic E-state index is 5.80. The predicted octanol–water partition coefficient (Wildman–Crippen LogP) is 3.68. The van der Waals surface area contributed by atoms with Gasteiger partial charge in [-0.1, -0.05) is 11.6 Å². The van der Waals surface area contributed by atoms with E-state index in [1.165, 1.54) is 0 Å². The van der Waals surface area contributed by atoms with Crippen LogP contribution in [0.1, 0.15) is 18.0 Å². The second kappa shape index (κ2) is 5.59. The van der Waals surface area contributed by atoms with E-state index in [9.17, 15) is 0 Å². The van der Waals surface area contributed by atoms with Gasteiger partial charge in [-0.15, -0.1) is 0 Å². The van der Waals surface area contributed by atoms with Crippen molar-refractivity contribution in [2.24, 2.45) is 0 Å². The van der Waals surface area contributed by atoms with Gasteiger partial charge < -0.3 is 14.8 Å². The Hall–Kier alpha value is -1.94. The van der Waals surface area contributed by atoms with Gasteiger partial charge in [0.2, 0.25) is 0 Å². The third kappa shape index (κ3) is 2.65. The van der Waals surface area contributed by atoms with Gasteiger partial charge in [-0.2, -0.15) is 0 Å². The summed E-state index contributed by atoms with van der Waals surface area (Å²) in [5.74, 6) is 1.73. The SMILES string of the molecule is COc1ccc2c(c1)C(Nc1ccc(Cl)nc1)CCO2. The molecule has 0 fully saturated rings. The van der Waals surface area contributed by atoms with E-state index in [1.807, 2.05) is 24.3 Å². The number of benzene rings is 1. The number of hydrogen-bond donors (Lipinski definition) is 1. The minimum atomic E-state index is 0.178. The molecule has 1 aromatic heterocycles. The van der Waals surface area contributed by atoms with Crippen molar-refractivity contribution in [3.63, 3.8) is 0 Å². The van der Waals surface area contributed by atoms with Gasteiger partial charge in [0.1, 0.15) is 16.7 Å². The molecule has 2 heterocycles. The number of pyridine rings is 1. The van der Waals surface area contributed by atoms with Crippen molar-refractivity contribution in [1.82, 2.24) is 4.98 Å². The molecule has 0 saturated carbocycles. The molecule has 1 atom stereocenters. The van der Waals surface area contributed by atoms with Crippen LogP contribution in [0.5, 0.6) is 11.5 Å². The van der Waals surface area contributed by atoms with E-state index in [1.54, 1.807) is 19.4 Å². The maximum Gasteiger partial charge on any atom is 0.129 e. The first-order chi connectivity index (χ1) is 9.76. The van der Waals surface area contributed by atoms with E-state index in [-0.39, 0.29) is 6.04 Å². The zero-order valence-electron chi connectivity index (χ0n) is 11.1. The number of aromatic nitrogens is 1. The third-order valence-electron chi connectivity index (χ3n) is 3.32. The summed E-state index contributed by atoms with van der Waals surface area (Å²) in [5, 5.41) is 3.95. The molecule has 1 aromatic carbocycles. The van der Waals surface area contributed by atoms with E-state index in [2.05, 4.69) is 10.3 Å². The number of nitrogens with zero attached hydrogens (tertiary/aromatic N) is 1. The van der Waals surface area contributed by atoms with Gasteiger partial charge in [-0.05, 0) is 30.3 Å². The lowest BCUT2D eigenvalue weighted by atomic mass is 10.00. The van der Waals surface area contributed by atoms with Crippen LogP contribution in [0.2, 0.25) is 5.15 Å². The molecule has 0 spiro atoms. The highest BCUT2D eigenvalue weighted by Crippen LogP contribution is 2.36. The molecule has 2 aromatic rings. The van der Waals surface area contributed by atoms with Gasteiger partial charge in [-0.3, -0.25) is 0 Å². The van der Waals surface area contributed by atoms with E-state index >= 15 is 0 Å². The zero-order chi connectivity index (χ0) is 13.9. The van der Waals surface area contributed by atoms with Crippen molar-refractivity contribution in [3.8, 4) is 11.5 Å². The van der Waals surface area contributed by atoms with Crippen LogP contribution in [0.4, 0.5) is 5.69 Å². The normalized spacial score (nSPS) is 17.0. The second-order valence-corrected chi connectivity index (χ2v) is 4.99. The van der Waals surface area contributed by atoms with Crippen molar-refractivity contribution in [2.75, 3.05) is 19.0 Å². The Balaban J connectivity index is 1.87. The van der Waals surface area contributed by atoms with Gasteiger partial charge in [0.15, 0.2) is 0 Å².